The Morgan fingerprint density at radius 1 is 0.607 bits per heavy atom. The first-order valence-corrected chi connectivity index (χ1v) is 19.7. The molecule has 5 aliphatic rings. The SMILES string of the molecule is C1=C2CC3Oc4ccccc4C3=CC2CC(N(c2ccc(-c3ccc(-c4cc5ccccc5o4)cc3)cc2)c2ccc3c(c2)CC2C(=C3)Oc3ccccc32)=C1. The number of benzene rings is 6. The Hall–Kier alpha value is -6.78. The van der Waals surface area contributed by atoms with Gasteiger partial charge in [-0.05, 0) is 95.8 Å². The van der Waals surface area contributed by atoms with Crippen molar-refractivity contribution >= 4 is 34.0 Å². The minimum atomic E-state index is 0.101. The molecule has 0 radical (unpaired) electrons. The molecule has 3 heterocycles. The molecule has 4 heteroatoms. The minimum Gasteiger partial charge on any atom is -0.485 e. The molecular weight excluding hydrogens is 687 g/mol. The molecule has 0 amide bonds. The zero-order valence-electron chi connectivity index (χ0n) is 30.7. The van der Waals surface area contributed by atoms with Crippen LogP contribution in [0, 0.1) is 5.92 Å². The van der Waals surface area contributed by atoms with Crippen LogP contribution in [0.4, 0.5) is 11.4 Å². The van der Waals surface area contributed by atoms with Crippen molar-refractivity contribution in [2.75, 3.05) is 4.90 Å². The van der Waals surface area contributed by atoms with Crippen LogP contribution in [0.25, 0.3) is 45.1 Å². The molecule has 0 saturated heterocycles. The van der Waals surface area contributed by atoms with Crippen molar-refractivity contribution in [3.8, 4) is 33.9 Å². The highest BCUT2D eigenvalue weighted by Gasteiger charge is 2.37. The first-order chi connectivity index (χ1) is 27.7. The predicted molar refractivity (Wildman–Crippen MR) is 225 cm³/mol. The molecule has 0 saturated carbocycles. The van der Waals surface area contributed by atoms with E-state index in [2.05, 4.69) is 157 Å². The second-order valence-corrected chi connectivity index (χ2v) is 15.6. The molecule has 3 aliphatic carbocycles. The molecule has 268 valence electrons. The Balaban J connectivity index is 0.895. The van der Waals surface area contributed by atoms with Gasteiger partial charge in [-0.3, -0.25) is 0 Å². The van der Waals surface area contributed by atoms with Gasteiger partial charge < -0.3 is 18.8 Å². The van der Waals surface area contributed by atoms with E-state index in [9.17, 15) is 0 Å². The predicted octanol–water partition coefficient (Wildman–Crippen LogP) is 13.1. The molecule has 3 unspecified atom stereocenters. The van der Waals surface area contributed by atoms with Gasteiger partial charge in [0.2, 0.25) is 0 Å². The monoisotopic (exact) mass is 723 g/mol. The lowest BCUT2D eigenvalue weighted by molar-refractivity contribution is 0.267. The quantitative estimate of drug-likeness (QED) is 0.177. The highest BCUT2D eigenvalue weighted by molar-refractivity contribution is 5.84. The molecule has 0 fully saturated rings. The summed E-state index contributed by atoms with van der Waals surface area (Å²) >= 11 is 0. The lowest BCUT2D eigenvalue weighted by atomic mass is 9.78. The summed E-state index contributed by atoms with van der Waals surface area (Å²) < 4.78 is 18.9. The summed E-state index contributed by atoms with van der Waals surface area (Å²) in [7, 11) is 0. The Morgan fingerprint density at radius 2 is 1.36 bits per heavy atom. The number of nitrogens with zero attached hydrogens (tertiary/aromatic N) is 1. The highest BCUT2D eigenvalue weighted by Crippen LogP contribution is 2.50. The molecule has 7 aromatic rings. The van der Waals surface area contributed by atoms with Crippen molar-refractivity contribution in [3.05, 3.63) is 203 Å². The van der Waals surface area contributed by atoms with Crippen LogP contribution in [-0.4, -0.2) is 6.10 Å². The summed E-state index contributed by atoms with van der Waals surface area (Å²) in [4.78, 5) is 2.48. The molecule has 12 rings (SSSR count). The van der Waals surface area contributed by atoms with Crippen LogP contribution in [0.1, 0.15) is 41.0 Å². The molecule has 56 heavy (non-hydrogen) atoms. The van der Waals surface area contributed by atoms with Gasteiger partial charge in [-0.1, -0.05) is 115 Å². The first-order valence-electron chi connectivity index (χ1n) is 19.7. The average Bonchev–Trinajstić information content (AvgIpc) is 3.95. The second kappa shape index (κ2) is 12.4. The molecular formula is C52H37NO3. The summed E-state index contributed by atoms with van der Waals surface area (Å²) in [5, 5.41) is 1.12. The van der Waals surface area contributed by atoms with Gasteiger partial charge in [0.05, 0.1) is 0 Å². The lowest BCUT2D eigenvalue weighted by Gasteiger charge is -2.35. The molecule has 1 aromatic heterocycles. The van der Waals surface area contributed by atoms with Crippen molar-refractivity contribution in [2.45, 2.75) is 31.3 Å². The summed E-state index contributed by atoms with van der Waals surface area (Å²) in [6.07, 6.45) is 12.3. The van der Waals surface area contributed by atoms with Gasteiger partial charge in [-0.2, -0.15) is 0 Å². The first kappa shape index (κ1) is 31.6. The number of allylic oxidation sites excluding steroid dienone is 5. The van der Waals surface area contributed by atoms with Gasteiger partial charge in [0.25, 0.3) is 0 Å². The van der Waals surface area contributed by atoms with Crippen LogP contribution >= 0.6 is 0 Å². The van der Waals surface area contributed by atoms with E-state index in [4.69, 9.17) is 13.9 Å². The van der Waals surface area contributed by atoms with Gasteiger partial charge in [0.15, 0.2) is 0 Å². The van der Waals surface area contributed by atoms with Crippen LogP contribution in [0.3, 0.4) is 0 Å². The van der Waals surface area contributed by atoms with E-state index in [1.54, 1.807) is 0 Å². The molecule has 4 nitrogen and oxygen atoms in total. The molecule has 0 bridgehead atoms. The second-order valence-electron chi connectivity index (χ2n) is 15.6. The molecule has 6 aromatic carbocycles. The van der Waals surface area contributed by atoms with Crippen LogP contribution in [0.15, 0.2) is 185 Å². The summed E-state index contributed by atoms with van der Waals surface area (Å²) in [6.45, 7) is 0. The third-order valence-electron chi connectivity index (χ3n) is 12.3. The zero-order chi connectivity index (χ0) is 36.7. The van der Waals surface area contributed by atoms with Crippen LogP contribution in [0.5, 0.6) is 11.5 Å². The Bertz CT molecular complexity index is 2820. The number of hydrogen-bond acceptors (Lipinski definition) is 4. The zero-order valence-corrected chi connectivity index (χ0v) is 30.7. The lowest BCUT2D eigenvalue weighted by Crippen LogP contribution is -2.26. The maximum atomic E-state index is 6.41. The molecule has 3 atom stereocenters. The third-order valence-corrected chi connectivity index (χ3v) is 12.3. The van der Waals surface area contributed by atoms with Crippen LogP contribution in [-0.2, 0) is 6.42 Å². The van der Waals surface area contributed by atoms with Crippen molar-refractivity contribution in [1.82, 2.24) is 0 Å². The molecule has 0 spiro atoms. The van der Waals surface area contributed by atoms with Gasteiger partial charge in [-0.25, -0.2) is 0 Å². The van der Waals surface area contributed by atoms with E-state index < -0.39 is 0 Å². The third kappa shape index (κ3) is 5.13. The van der Waals surface area contributed by atoms with Gasteiger partial charge >= 0.3 is 0 Å². The largest absolute Gasteiger partial charge is 0.485 e. The van der Waals surface area contributed by atoms with E-state index in [1.807, 2.05) is 18.2 Å². The molecule has 0 N–H and O–H groups in total. The Labute approximate surface area is 326 Å². The number of anilines is 2. The van der Waals surface area contributed by atoms with Gasteiger partial charge in [0.1, 0.15) is 34.7 Å². The van der Waals surface area contributed by atoms with E-state index in [0.717, 1.165) is 64.5 Å². The van der Waals surface area contributed by atoms with Crippen molar-refractivity contribution in [2.24, 2.45) is 5.92 Å². The van der Waals surface area contributed by atoms with Crippen LogP contribution in [0.2, 0.25) is 0 Å². The van der Waals surface area contributed by atoms with Crippen molar-refractivity contribution < 1.29 is 13.9 Å². The number of rotatable bonds is 5. The number of fused-ring (bicyclic) bond motifs is 9. The number of para-hydroxylation sites is 3. The van der Waals surface area contributed by atoms with Crippen molar-refractivity contribution in [1.29, 1.82) is 0 Å². The highest BCUT2D eigenvalue weighted by atomic mass is 16.5. The van der Waals surface area contributed by atoms with Gasteiger partial charge in [-0.15, -0.1) is 0 Å². The van der Waals surface area contributed by atoms with Crippen LogP contribution < -0.4 is 14.4 Å². The fraction of sp³-hybridized carbons (Fsp3) is 0.115. The molecule has 2 aliphatic heterocycles. The number of furan rings is 1. The minimum absolute atomic E-state index is 0.101. The summed E-state index contributed by atoms with van der Waals surface area (Å²) in [5.74, 6) is 4.49. The number of hydrogen-bond donors (Lipinski definition) is 0. The fourth-order valence-electron chi connectivity index (χ4n) is 9.49. The normalized spacial score (nSPS) is 19.8. The maximum Gasteiger partial charge on any atom is 0.135 e. The summed E-state index contributed by atoms with van der Waals surface area (Å²) in [5.41, 5.74) is 15.8. The topological polar surface area (TPSA) is 34.8 Å². The standard InChI is InChI=1S/C52H37NO3/c1-4-10-47-37(7-1)31-50(54-47)34-15-13-32(14-16-34)33-17-21-40(22-18-33)53(41-23-19-35-29-51-45(27-38(35)25-41)43-8-2-5-11-48(43)55-51)42-24-20-36-30-52-46(28-39(36)26-42)44-9-3-6-12-49(44)56-52/h1-25,28-29,31,39,45,52H,26-27,30H2. The van der Waals surface area contributed by atoms with Crippen molar-refractivity contribution in [3.63, 3.8) is 0 Å². The van der Waals surface area contributed by atoms with E-state index in [1.165, 1.54) is 55.9 Å². The van der Waals surface area contributed by atoms with E-state index in [0.29, 0.717) is 5.92 Å². The Kier molecular flexibility index (Phi) is 6.97. The smallest absolute Gasteiger partial charge is 0.135 e. The van der Waals surface area contributed by atoms with Gasteiger partial charge in [0, 0.05) is 63.0 Å². The van der Waals surface area contributed by atoms with E-state index in [-0.39, 0.29) is 12.0 Å². The Morgan fingerprint density at radius 3 is 2.23 bits per heavy atom. The average molecular weight is 724 g/mol. The van der Waals surface area contributed by atoms with E-state index >= 15 is 0 Å². The maximum absolute atomic E-state index is 6.41. The fourth-order valence-corrected chi connectivity index (χ4v) is 9.49. The number of ether oxygens (including phenoxy) is 2. The summed E-state index contributed by atoms with van der Waals surface area (Å²) in [6, 6.07) is 51.9.